The zero-order valence-corrected chi connectivity index (χ0v) is 41.2. The summed E-state index contributed by atoms with van der Waals surface area (Å²) in [5, 5.41) is 64.8. The lowest BCUT2D eigenvalue weighted by Gasteiger charge is -2.40. The summed E-state index contributed by atoms with van der Waals surface area (Å²) in [5.41, 5.74) is 0. The Balaban J connectivity index is 2.29. The van der Waals surface area contributed by atoms with Crippen molar-refractivity contribution in [2.75, 3.05) is 13.2 Å². The van der Waals surface area contributed by atoms with Crippen LogP contribution in [0, 0.1) is 0 Å². The maximum atomic E-state index is 13.1. The smallest absolute Gasteiger partial charge is 0.249 e. The van der Waals surface area contributed by atoms with Gasteiger partial charge < -0.3 is 45.4 Å². The number of unbranched alkanes of at least 4 members (excludes halogenated alkanes) is 30. The number of rotatable bonds is 45. The van der Waals surface area contributed by atoms with E-state index in [4.69, 9.17) is 9.47 Å². The van der Waals surface area contributed by atoms with E-state index in [2.05, 4.69) is 43.5 Å². The summed E-state index contributed by atoms with van der Waals surface area (Å²) in [6.07, 6.45) is 45.3. The molecule has 0 aromatic carbocycles. The highest BCUT2D eigenvalue weighted by molar-refractivity contribution is 5.80. The number of hydrogen-bond donors (Lipinski definition) is 7. The van der Waals surface area contributed by atoms with Gasteiger partial charge in [-0.25, -0.2) is 0 Å². The van der Waals surface area contributed by atoms with E-state index in [1.165, 1.54) is 173 Å². The van der Waals surface area contributed by atoms with E-state index in [1.807, 2.05) is 6.08 Å². The minimum absolute atomic E-state index is 0.302. The second kappa shape index (κ2) is 43.9. The Morgan fingerprint density at radius 1 is 0.531 bits per heavy atom. The molecule has 8 atom stereocenters. The van der Waals surface area contributed by atoms with E-state index < -0.39 is 61.5 Å². The number of carbonyl (C=O) groups excluding carboxylic acids is 1. The number of ether oxygens (including phenoxy) is 2. The summed E-state index contributed by atoms with van der Waals surface area (Å²) < 4.78 is 11.1. The molecule has 1 aliphatic rings. The van der Waals surface area contributed by atoms with Crippen molar-refractivity contribution in [3.63, 3.8) is 0 Å². The molecule has 1 rings (SSSR count). The Morgan fingerprint density at radius 2 is 0.922 bits per heavy atom. The van der Waals surface area contributed by atoms with Gasteiger partial charge in [-0.05, 0) is 57.8 Å². The number of amides is 1. The number of allylic oxidation sites excluding steroid dienone is 5. The highest BCUT2D eigenvalue weighted by Crippen LogP contribution is 2.23. The third kappa shape index (κ3) is 32.9. The van der Waals surface area contributed by atoms with Crippen LogP contribution in [0.4, 0.5) is 0 Å². The Hall–Kier alpha value is -1.63. The molecule has 64 heavy (non-hydrogen) atoms. The van der Waals surface area contributed by atoms with Gasteiger partial charge in [-0.1, -0.05) is 217 Å². The molecule has 0 spiro atoms. The SMILES string of the molecule is CCCCCCCCCC/C=C/CC/C=C/C(O)C(COC1OC(CO)C(O)C(O)C1O)NC(=O)C(O)CCCCCCCCCCC/C=C\CCCCCCCCCCCCCC. The monoisotopic (exact) mass is 908 g/mol. The van der Waals surface area contributed by atoms with Gasteiger partial charge in [0.05, 0.1) is 25.4 Å². The molecule has 1 aliphatic heterocycles. The van der Waals surface area contributed by atoms with E-state index in [0.717, 1.165) is 32.1 Å². The molecule has 0 aromatic rings. The van der Waals surface area contributed by atoms with Crippen molar-refractivity contribution >= 4 is 5.91 Å². The molecule has 0 aliphatic carbocycles. The first-order chi connectivity index (χ1) is 31.3. The molecule has 10 nitrogen and oxygen atoms in total. The first-order valence-corrected chi connectivity index (χ1v) is 26.8. The molecule has 1 heterocycles. The Bertz CT molecular complexity index is 1120. The van der Waals surface area contributed by atoms with Crippen LogP contribution >= 0.6 is 0 Å². The molecule has 376 valence electrons. The van der Waals surface area contributed by atoms with Crippen LogP contribution < -0.4 is 5.32 Å². The molecule has 0 aromatic heterocycles. The largest absolute Gasteiger partial charge is 0.394 e. The second-order valence-corrected chi connectivity index (χ2v) is 18.8. The number of aliphatic hydroxyl groups is 6. The zero-order chi connectivity index (χ0) is 46.7. The van der Waals surface area contributed by atoms with Gasteiger partial charge in [-0.2, -0.15) is 0 Å². The lowest BCUT2D eigenvalue weighted by Crippen LogP contribution is -2.60. The minimum Gasteiger partial charge on any atom is -0.394 e. The number of aliphatic hydroxyl groups excluding tert-OH is 6. The van der Waals surface area contributed by atoms with Gasteiger partial charge in [0.2, 0.25) is 5.91 Å². The third-order valence-corrected chi connectivity index (χ3v) is 12.8. The summed E-state index contributed by atoms with van der Waals surface area (Å²) in [6.45, 7) is 3.60. The first-order valence-electron chi connectivity index (χ1n) is 26.8. The molecule has 1 saturated heterocycles. The average molecular weight is 908 g/mol. The predicted octanol–water partition coefficient (Wildman–Crippen LogP) is 11.4. The average Bonchev–Trinajstić information content (AvgIpc) is 3.29. The van der Waals surface area contributed by atoms with Crippen LogP contribution in [0.2, 0.25) is 0 Å². The maximum Gasteiger partial charge on any atom is 0.249 e. The quantitative estimate of drug-likeness (QED) is 0.0232. The van der Waals surface area contributed by atoms with Gasteiger partial charge in [0.25, 0.3) is 0 Å². The van der Waals surface area contributed by atoms with Gasteiger partial charge in [-0.15, -0.1) is 0 Å². The fourth-order valence-electron chi connectivity index (χ4n) is 8.41. The molecular weight excluding hydrogens is 807 g/mol. The fraction of sp³-hybridized carbons (Fsp3) is 0.870. The van der Waals surface area contributed by atoms with Crippen molar-refractivity contribution in [2.24, 2.45) is 0 Å². The van der Waals surface area contributed by atoms with Gasteiger partial charge in [0, 0.05) is 0 Å². The molecule has 1 amide bonds. The highest BCUT2D eigenvalue weighted by Gasteiger charge is 2.44. The van der Waals surface area contributed by atoms with E-state index in [-0.39, 0.29) is 6.61 Å². The minimum atomic E-state index is -1.62. The molecular formula is C54H101NO9. The molecule has 7 N–H and O–H groups in total. The molecule has 0 bridgehead atoms. The zero-order valence-electron chi connectivity index (χ0n) is 41.2. The van der Waals surface area contributed by atoms with Gasteiger partial charge in [-0.3, -0.25) is 4.79 Å². The second-order valence-electron chi connectivity index (χ2n) is 18.8. The topological polar surface area (TPSA) is 169 Å². The van der Waals surface area contributed by atoms with Crippen molar-refractivity contribution < 1.29 is 44.9 Å². The van der Waals surface area contributed by atoms with Crippen LogP contribution in [0.25, 0.3) is 0 Å². The molecule has 8 unspecified atom stereocenters. The van der Waals surface area contributed by atoms with Gasteiger partial charge in [0.15, 0.2) is 6.29 Å². The van der Waals surface area contributed by atoms with E-state index in [0.29, 0.717) is 19.3 Å². The summed E-state index contributed by atoms with van der Waals surface area (Å²) in [6, 6.07) is -0.997. The molecule has 0 radical (unpaired) electrons. The fourth-order valence-corrected chi connectivity index (χ4v) is 8.41. The lowest BCUT2D eigenvalue weighted by atomic mass is 9.99. The number of nitrogens with one attached hydrogen (secondary N) is 1. The summed E-state index contributed by atoms with van der Waals surface area (Å²) in [7, 11) is 0. The molecule has 0 saturated carbocycles. The number of hydrogen-bond acceptors (Lipinski definition) is 9. The van der Waals surface area contributed by atoms with Crippen LogP contribution in [0.3, 0.4) is 0 Å². The van der Waals surface area contributed by atoms with Gasteiger partial charge in [0.1, 0.15) is 30.5 Å². The highest BCUT2D eigenvalue weighted by atomic mass is 16.7. The summed E-state index contributed by atoms with van der Waals surface area (Å²) >= 11 is 0. The molecule has 10 heteroatoms. The molecule has 1 fully saturated rings. The van der Waals surface area contributed by atoms with Crippen molar-refractivity contribution in [1.82, 2.24) is 5.32 Å². The van der Waals surface area contributed by atoms with E-state index >= 15 is 0 Å². The van der Waals surface area contributed by atoms with Crippen molar-refractivity contribution in [1.29, 1.82) is 0 Å². The van der Waals surface area contributed by atoms with Crippen LogP contribution in [0.15, 0.2) is 36.5 Å². The summed E-state index contributed by atoms with van der Waals surface area (Å²) in [5.74, 6) is -0.627. The van der Waals surface area contributed by atoms with Crippen molar-refractivity contribution in [3.05, 3.63) is 36.5 Å². The summed E-state index contributed by atoms with van der Waals surface area (Å²) in [4.78, 5) is 13.1. The van der Waals surface area contributed by atoms with Crippen LogP contribution in [-0.4, -0.2) is 98.7 Å². The van der Waals surface area contributed by atoms with Crippen molar-refractivity contribution in [3.8, 4) is 0 Å². The lowest BCUT2D eigenvalue weighted by molar-refractivity contribution is -0.302. The Kier molecular flexibility index (Phi) is 41.4. The normalized spacial score (nSPS) is 20.8. The van der Waals surface area contributed by atoms with E-state index in [1.54, 1.807) is 6.08 Å². The predicted molar refractivity (Wildman–Crippen MR) is 264 cm³/mol. The van der Waals surface area contributed by atoms with E-state index in [9.17, 15) is 35.4 Å². The maximum absolute atomic E-state index is 13.1. The van der Waals surface area contributed by atoms with Crippen LogP contribution in [0.1, 0.15) is 239 Å². The van der Waals surface area contributed by atoms with Gasteiger partial charge >= 0.3 is 0 Å². The Morgan fingerprint density at radius 3 is 1.36 bits per heavy atom. The Labute approximate surface area is 392 Å². The van der Waals surface area contributed by atoms with Crippen LogP contribution in [-0.2, 0) is 14.3 Å². The standard InChI is InChI=1S/C54H101NO9/c1-3-5-7-9-11-13-15-17-19-20-21-22-23-24-25-26-27-28-29-31-33-35-37-39-41-43-48(58)53(62)55-46(45-63-54-52(61)51(60)50(59)49(44-56)64-54)47(57)42-40-38-36-34-32-30-18-16-14-12-10-8-6-4-2/h24-25,32,34,40,42,46-52,54,56-61H,3-23,26-31,33,35-39,41,43-45H2,1-2H3,(H,55,62)/b25-24-,34-32+,42-40+. The van der Waals surface area contributed by atoms with Crippen LogP contribution in [0.5, 0.6) is 0 Å². The van der Waals surface area contributed by atoms with Crippen molar-refractivity contribution in [2.45, 2.75) is 288 Å². The number of carbonyl (C=O) groups is 1. The third-order valence-electron chi connectivity index (χ3n) is 12.8. The first kappa shape index (κ1) is 60.4.